The standard InChI is InChI=1S/C18H25N3O3/c1-3-4-9-21(10-6-11-22)18(23)20-16-8-5-7-15(12-16)17-19-14(2)13-24-17/h5,7-8,12-13,22H,3-4,6,9-11H2,1-2H3,(H,20,23). The van der Waals surface area contributed by atoms with Gasteiger partial charge in [-0.15, -0.1) is 0 Å². The number of aliphatic hydroxyl groups is 1. The van der Waals surface area contributed by atoms with E-state index in [-0.39, 0.29) is 12.6 Å². The van der Waals surface area contributed by atoms with E-state index in [1.807, 2.05) is 31.2 Å². The highest BCUT2D eigenvalue weighted by Crippen LogP contribution is 2.22. The fourth-order valence-electron chi connectivity index (χ4n) is 2.34. The number of carbonyl (C=O) groups excluding carboxylic acids is 1. The molecular weight excluding hydrogens is 306 g/mol. The van der Waals surface area contributed by atoms with E-state index in [4.69, 9.17) is 9.52 Å². The third-order valence-corrected chi connectivity index (χ3v) is 3.63. The van der Waals surface area contributed by atoms with E-state index < -0.39 is 0 Å². The summed E-state index contributed by atoms with van der Waals surface area (Å²) in [5.41, 5.74) is 2.32. The highest BCUT2D eigenvalue weighted by atomic mass is 16.3. The molecule has 2 rings (SSSR count). The Bertz CT molecular complexity index is 646. The summed E-state index contributed by atoms with van der Waals surface area (Å²) in [5.74, 6) is 0.534. The van der Waals surface area contributed by atoms with E-state index in [0.29, 0.717) is 31.1 Å². The van der Waals surface area contributed by atoms with Gasteiger partial charge in [0, 0.05) is 30.9 Å². The molecule has 1 aromatic carbocycles. The fraction of sp³-hybridized carbons (Fsp3) is 0.444. The summed E-state index contributed by atoms with van der Waals surface area (Å²) in [4.78, 5) is 18.5. The van der Waals surface area contributed by atoms with Crippen molar-refractivity contribution in [1.29, 1.82) is 0 Å². The Morgan fingerprint density at radius 3 is 2.79 bits per heavy atom. The van der Waals surface area contributed by atoms with Gasteiger partial charge in [-0.25, -0.2) is 9.78 Å². The Kier molecular flexibility index (Phi) is 6.81. The topological polar surface area (TPSA) is 78.6 Å². The molecule has 0 fully saturated rings. The summed E-state index contributed by atoms with van der Waals surface area (Å²) >= 11 is 0. The molecule has 0 saturated heterocycles. The molecule has 0 aliphatic carbocycles. The van der Waals surface area contributed by atoms with E-state index in [9.17, 15) is 4.79 Å². The number of hydrogen-bond acceptors (Lipinski definition) is 4. The number of nitrogens with one attached hydrogen (secondary N) is 1. The second kappa shape index (κ2) is 9.08. The Labute approximate surface area is 142 Å². The maximum atomic E-state index is 12.5. The smallest absolute Gasteiger partial charge is 0.321 e. The number of carbonyl (C=O) groups is 1. The molecule has 0 atom stereocenters. The number of hydrogen-bond donors (Lipinski definition) is 2. The van der Waals surface area contributed by atoms with Crippen molar-refractivity contribution in [2.45, 2.75) is 33.1 Å². The summed E-state index contributed by atoms with van der Waals surface area (Å²) in [6.07, 6.45) is 4.13. The number of anilines is 1. The first-order valence-corrected chi connectivity index (χ1v) is 8.33. The van der Waals surface area contributed by atoms with Gasteiger partial charge in [0.25, 0.3) is 0 Å². The monoisotopic (exact) mass is 331 g/mol. The number of aryl methyl sites for hydroxylation is 1. The zero-order chi connectivity index (χ0) is 17.4. The highest BCUT2D eigenvalue weighted by molar-refractivity contribution is 5.90. The van der Waals surface area contributed by atoms with Crippen molar-refractivity contribution >= 4 is 11.7 Å². The Morgan fingerprint density at radius 2 is 2.12 bits per heavy atom. The maximum Gasteiger partial charge on any atom is 0.321 e. The lowest BCUT2D eigenvalue weighted by Gasteiger charge is -2.22. The highest BCUT2D eigenvalue weighted by Gasteiger charge is 2.13. The third-order valence-electron chi connectivity index (χ3n) is 3.63. The number of benzene rings is 1. The van der Waals surface area contributed by atoms with E-state index in [1.54, 1.807) is 11.2 Å². The van der Waals surface area contributed by atoms with Crippen molar-refractivity contribution in [1.82, 2.24) is 9.88 Å². The molecule has 2 N–H and O–H groups in total. The minimum atomic E-state index is -0.155. The maximum absolute atomic E-state index is 12.5. The number of nitrogens with zero attached hydrogens (tertiary/aromatic N) is 2. The molecule has 24 heavy (non-hydrogen) atoms. The Balaban J connectivity index is 2.06. The fourth-order valence-corrected chi connectivity index (χ4v) is 2.34. The molecule has 130 valence electrons. The van der Waals surface area contributed by atoms with Crippen LogP contribution in [0.4, 0.5) is 10.5 Å². The van der Waals surface area contributed by atoms with Crippen LogP contribution in [0.25, 0.3) is 11.5 Å². The molecule has 6 heteroatoms. The van der Waals surface area contributed by atoms with Crippen molar-refractivity contribution in [2.75, 3.05) is 25.0 Å². The van der Waals surface area contributed by atoms with Crippen LogP contribution in [-0.2, 0) is 0 Å². The van der Waals surface area contributed by atoms with Crippen molar-refractivity contribution < 1.29 is 14.3 Å². The molecule has 2 aromatic rings. The van der Waals surface area contributed by atoms with Crippen LogP contribution in [0.15, 0.2) is 34.9 Å². The molecule has 1 heterocycles. The van der Waals surface area contributed by atoms with Gasteiger partial charge in [0.1, 0.15) is 6.26 Å². The number of urea groups is 1. The van der Waals surface area contributed by atoms with Gasteiger partial charge in [-0.2, -0.15) is 0 Å². The molecule has 0 aliphatic heterocycles. The third kappa shape index (κ3) is 5.09. The van der Waals surface area contributed by atoms with E-state index >= 15 is 0 Å². The lowest BCUT2D eigenvalue weighted by molar-refractivity contribution is 0.201. The summed E-state index contributed by atoms with van der Waals surface area (Å²) < 4.78 is 5.40. The molecule has 0 saturated carbocycles. The summed E-state index contributed by atoms with van der Waals surface area (Å²) in [6.45, 7) is 5.26. The van der Waals surface area contributed by atoms with Crippen LogP contribution in [0.3, 0.4) is 0 Å². The zero-order valence-corrected chi connectivity index (χ0v) is 14.3. The van der Waals surface area contributed by atoms with Gasteiger partial charge < -0.3 is 19.7 Å². The van der Waals surface area contributed by atoms with Crippen molar-refractivity contribution in [3.63, 3.8) is 0 Å². The van der Waals surface area contributed by atoms with Crippen LogP contribution in [0.1, 0.15) is 31.9 Å². The first kappa shape index (κ1) is 18.0. The molecule has 1 aromatic heterocycles. The van der Waals surface area contributed by atoms with Crippen LogP contribution >= 0.6 is 0 Å². The molecular formula is C18H25N3O3. The number of aliphatic hydroxyl groups excluding tert-OH is 1. The number of oxazole rings is 1. The molecule has 0 radical (unpaired) electrons. The lowest BCUT2D eigenvalue weighted by atomic mass is 10.2. The Hall–Kier alpha value is -2.34. The van der Waals surface area contributed by atoms with Crippen LogP contribution in [0.5, 0.6) is 0 Å². The number of rotatable bonds is 8. The van der Waals surface area contributed by atoms with Crippen LogP contribution in [0, 0.1) is 6.92 Å². The van der Waals surface area contributed by atoms with Gasteiger partial charge in [-0.3, -0.25) is 0 Å². The predicted octanol–water partition coefficient (Wildman–Crippen LogP) is 3.67. The first-order valence-electron chi connectivity index (χ1n) is 8.33. The molecule has 0 unspecified atom stereocenters. The zero-order valence-electron chi connectivity index (χ0n) is 14.3. The number of aromatic nitrogens is 1. The number of amides is 2. The van der Waals surface area contributed by atoms with Crippen molar-refractivity contribution in [2.24, 2.45) is 0 Å². The van der Waals surface area contributed by atoms with Gasteiger partial charge in [-0.1, -0.05) is 19.4 Å². The molecule has 0 spiro atoms. The van der Waals surface area contributed by atoms with Crippen LogP contribution in [0.2, 0.25) is 0 Å². The van der Waals surface area contributed by atoms with Crippen LogP contribution < -0.4 is 5.32 Å². The van der Waals surface area contributed by atoms with Gasteiger partial charge in [-0.05, 0) is 38.0 Å². The van der Waals surface area contributed by atoms with E-state index in [0.717, 1.165) is 24.1 Å². The second-order valence-electron chi connectivity index (χ2n) is 5.72. The summed E-state index contributed by atoms with van der Waals surface area (Å²) in [6, 6.07) is 7.27. The molecule has 6 nitrogen and oxygen atoms in total. The van der Waals surface area contributed by atoms with Gasteiger partial charge in [0.05, 0.1) is 5.69 Å². The quantitative estimate of drug-likeness (QED) is 0.773. The minimum Gasteiger partial charge on any atom is -0.444 e. The summed E-state index contributed by atoms with van der Waals surface area (Å²) in [5, 5.41) is 11.9. The van der Waals surface area contributed by atoms with Gasteiger partial charge in [0.15, 0.2) is 0 Å². The molecule has 0 bridgehead atoms. The predicted molar refractivity (Wildman–Crippen MR) is 93.9 cm³/mol. The average Bonchev–Trinajstić information content (AvgIpc) is 3.01. The van der Waals surface area contributed by atoms with E-state index in [1.165, 1.54) is 0 Å². The Morgan fingerprint density at radius 1 is 1.33 bits per heavy atom. The minimum absolute atomic E-state index is 0.0783. The normalized spacial score (nSPS) is 10.6. The van der Waals surface area contributed by atoms with Crippen molar-refractivity contribution in [3.8, 4) is 11.5 Å². The molecule has 0 aliphatic rings. The number of unbranched alkanes of at least 4 members (excludes halogenated alkanes) is 1. The lowest BCUT2D eigenvalue weighted by Crippen LogP contribution is -2.36. The van der Waals surface area contributed by atoms with Crippen LogP contribution in [-0.4, -0.2) is 40.7 Å². The average molecular weight is 331 g/mol. The van der Waals surface area contributed by atoms with Gasteiger partial charge >= 0.3 is 6.03 Å². The summed E-state index contributed by atoms with van der Waals surface area (Å²) in [7, 11) is 0. The largest absolute Gasteiger partial charge is 0.444 e. The molecule has 2 amide bonds. The van der Waals surface area contributed by atoms with E-state index in [2.05, 4.69) is 17.2 Å². The first-order chi connectivity index (χ1) is 11.6. The van der Waals surface area contributed by atoms with Crippen molar-refractivity contribution in [3.05, 3.63) is 36.2 Å². The second-order valence-corrected chi connectivity index (χ2v) is 5.72. The van der Waals surface area contributed by atoms with Gasteiger partial charge in [0.2, 0.25) is 5.89 Å². The SMILES string of the molecule is CCCCN(CCCO)C(=O)Nc1cccc(-c2nc(C)co2)c1.